The van der Waals surface area contributed by atoms with Crippen molar-refractivity contribution in [3.05, 3.63) is 100 Å². The third-order valence-corrected chi connectivity index (χ3v) is 6.26. The first-order valence-electron chi connectivity index (χ1n) is 10.9. The van der Waals surface area contributed by atoms with Gasteiger partial charge in [0, 0.05) is 37.1 Å². The van der Waals surface area contributed by atoms with Crippen molar-refractivity contribution >= 4 is 5.69 Å². The number of rotatable bonds is 7. The lowest BCUT2D eigenvalue weighted by Crippen LogP contribution is -2.29. The lowest BCUT2D eigenvalue weighted by molar-refractivity contribution is 0.577. The monoisotopic (exact) mass is 399 g/mol. The Bertz CT molecular complexity index is 950. The summed E-state index contributed by atoms with van der Waals surface area (Å²) < 4.78 is 0. The molecule has 4 nitrogen and oxygen atoms in total. The molecule has 1 aromatic heterocycles. The molecule has 0 aliphatic carbocycles. The molecule has 1 saturated heterocycles. The van der Waals surface area contributed by atoms with Crippen LogP contribution >= 0.6 is 0 Å². The topological polar surface area (TPSA) is 45.6 Å². The Balaban J connectivity index is 1.65. The van der Waals surface area contributed by atoms with Crippen molar-refractivity contribution in [2.75, 3.05) is 18.0 Å². The highest BCUT2D eigenvalue weighted by Gasteiger charge is 2.23. The van der Waals surface area contributed by atoms with Crippen LogP contribution in [0.15, 0.2) is 78.2 Å². The van der Waals surface area contributed by atoms with E-state index in [1.54, 1.807) is 12.4 Å². The van der Waals surface area contributed by atoms with Crippen LogP contribution in [-0.2, 0) is 0 Å². The Morgan fingerprint density at radius 1 is 0.900 bits per heavy atom. The highest BCUT2D eigenvalue weighted by atomic mass is 16.3. The number of aryl methyl sites for hydroxylation is 1. The largest absolute Gasteiger partial charge is 0.372 e. The zero-order chi connectivity index (χ0) is 20.8. The molecule has 1 aliphatic heterocycles. The van der Waals surface area contributed by atoms with Crippen molar-refractivity contribution in [1.82, 2.24) is 4.98 Å². The van der Waals surface area contributed by atoms with E-state index in [0.717, 1.165) is 18.7 Å². The molecule has 4 rings (SSSR count). The van der Waals surface area contributed by atoms with Gasteiger partial charge in [0.15, 0.2) is 0 Å². The molecule has 2 unspecified atom stereocenters. The van der Waals surface area contributed by atoms with Crippen LogP contribution in [0.4, 0.5) is 5.69 Å². The fraction of sp³-hybridized carbons (Fsp3) is 0.346. The summed E-state index contributed by atoms with van der Waals surface area (Å²) in [6.07, 6.45) is 7.96. The second-order valence-corrected chi connectivity index (χ2v) is 8.19. The van der Waals surface area contributed by atoms with Crippen LogP contribution in [0.25, 0.3) is 0 Å². The van der Waals surface area contributed by atoms with E-state index in [4.69, 9.17) is 0 Å². The Kier molecular flexibility index (Phi) is 6.53. The van der Waals surface area contributed by atoms with Gasteiger partial charge in [0.05, 0.1) is 0 Å². The molecule has 2 atom stereocenters. The average molecular weight is 400 g/mol. The molecular formula is C26H29N3O. The first-order chi connectivity index (χ1) is 14.8. The molecule has 0 saturated carbocycles. The molecule has 0 bridgehead atoms. The fourth-order valence-corrected chi connectivity index (χ4v) is 4.54. The number of nitrogens with zero attached hydrogens (tertiary/aromatic N) is 3. The SMILES string of the molecule is Cc1ccccc1C(CC(N=O)c1ccncc1)c1ccc(N2CCCCC2)cc1. The standard InChI is InChI=1S/C26H29N3O/c1-20-7-3-4-8-24(20)25(19-26(28-30)22-13-15-27-16-14-22)21-9-11-23(12-10-21)29-17-5-2-6-18-29/h3-4,7-16,25-26H,2,5-6,17-19H2,1H3. The number of hydrogen-bond acceptors (Lipinski definition) is 4. The molecule has 1 aliphatic rings. The van der Waals surface area contributed by atoms with Gasteiger partial charge in [-0.3, -0.25) is 4.98 Å². The fourth-order valence-electron chi connectivity index (χ4n) is 4.54. The quantitative estimate of drug-likeness (QED) is 0.431. The Morgan fingerprint density at radius 3 is 2.27 bits per heavy atom. The molecule has 154 valence electrons. The zero-order valence-electron chi connectivity index (χ0n) is 17.6. The van der Waals surface area contributed by atoms with Gasteiger partial charge in [0.2, 0.25) is 0 Å². The van der Waals surface area contributed by atoms with Crippen molar-refractivity contribution in [2.24, 2.45) is 5.18 Å². The minimum atomic E-state index is -0.403. The van der Waals surface area contributed by atoms with Gasteiger partial charge in [-0.15, -0.1) is 0 Å². The first kappa shape index (κ1) is 20.3. The van der Waals surface area contributed by atoms with Crippen molar-refractivity contribution in [3.63, 3.8) is 0 Å². The van der Waals surface area contributed by atoms with Crippen LogP contribution in [0.2, 0.25) is 0 Å². The molecule has 0 N–H and O–H groups in total. The van der Waals surface area contributed by atoms with Gasteiger partial charge < -0.3 is 4.90 Å². The van der Waals surface area contributed by atoms with Crippen molar-refractivity contribution in [3.8, 4) is 0 Å². The van der Waals surface area contributed by atoms with Gasteiger partial charge in [-0.25, -0.2) is 0 Å². The zero-order valence-corrected chi connectivity index (χ0v) is 17.6. The smallest absolute Gasteiger partial charge is 0.118 e. The predicted octanol–water partition coefficient (Wildman–Crippen LogP) is 6.41. The summed E-state index contributed by atoms with van der Waals surface area (Å²) in [6, 6.07) is 20.8. The highest BCUT2D eigenvalue weighted by molar-refractivity contribution is 5.50. The van der Waals surface area contributed by atoms with E-state index < -0.39 is 6.04 Å². The molecular weight excluding hydrogens is 370 g/mol. The Hall–Kier alpha value is -3.01. The highest BCUT2D eigenvalue weighted by Crippen LogP contribution is 2.37. The van der Waals surface area contributed by atoms with E-state index in [2.05, 4.69) is 70.5 Å². The molecule has 0 radical (unpaired) electrons. The van der Waals surface area contributed by atoms with Crippen LogP contribution in [0.3, 0.4) is 0 Å². The number of pyridine rings is 1. The van der Waals surface area contributed by atoms with Gasteiger partial charge in [-0.1, -0.05) is 41.6 Å². The van der Waals surface area contributed by atoms with Gasteiger partial charge in [-0.05, 0) is 79.1 Å². The summed E-state index contributed by atoms with van der Waals surface area (Å²) in [6.45, 7) is 4.42. The summed E-state index contributed by atoms with van der Waals surface area (Å²) in [5, 5.41) is 3.48. The number of hydrogen-bond donors (Lipinski definition) is 0. The molecule has 0 amide bonds. The third kappa shape index (κ3) is 4.59. The minimum Gasteiger partial charge on any atom is -0.372 e. The Labute approximate surface area is 178 Å². The van der Waals surface area contributed by atoms with E-state index >= 15 is 0 Å². The van der Waals surface area contributed by atoms with Gasteiger partial charge in [0.25, 0.3) is 0 Å². The summed E-state index contributed by atoms with van der Waals surface area (Å²) in [5.74, 6) is 0.109. The number of nitroso groups, excluding NO2 is 1. The van der Waals surface area contributed by atoms with E-state index in [-0.39, 0.29) is 5.92 Å². The maximum Gasteiger partial charge on any atom is 0.118 e. The number of benzene rings is 2. The Morgan fingerprint density at radius 2 is 1.60 bits per heavy atom. The van der Waals surface area contributed by atoms with Crippen LogP contribution in [-0.4, -0.2) is 18.1 Å². The first-order valence-corrected chi connectivity index (χ1v) is 10.9. The van der Waals surface area contributed by atoms with Gasteiger partial charge in [-0.2, -0.15) is 4.91 Å². The second kappa shape index (κ2) is 9.66. The van der Waals surface area contributed by atoms with Crippen molar-refractivity contribution in [1.29, 1.82) is 0 Å². The summed E-state index contributed by atoms with van der Waals surface area (Å²) in [7, 11) is 0. The third-order valence-electron chi connectivity index (χ3n) is 6.26. The average Bonchev–Trinajstić information content (AvgIpc) is 2.82. The lowest BCUT2D eigenvalue weighted by atomic mass is 9.82. The predicted molar refractivity (Wildman–Crippen MR) is 123 cm³/mol. The number of piperidine rings is 1. The molecule has 4 heteroatoms. The molecule has 1 fully saturated rings. The molecule has 3 aromatic rings. The number of anilines is 1. The van der Waals surface area contributed by atoms with Crippen LogP contribution in [0, 0.1) is 11.8 Å². The molecule has 30 heavy (non-hydrogen) atoms. The van der Waals surface area contributed by atoms with Crippen molar-refractivity contribution < 1.29 is 0 Å². The van der Waals surface area contributed by atoms with E-state index in [1.165, 1.54) is 41.6 Å². The maximum absolute atomic E-state index is 11.8. The van der Waals surface area contributed by atoms with E-state index in [1.807, 2.05) is 12.1 Å². The lowest BCUT2D eigenvalue weighted by Gasteiger charge is -2.29. The van der Waals surface area contributed by atoms with E-state index in [9.17, 15) is 4.91 Å². The summed E-state index contributed by atoms with van der Waals surface area (Å²) >= 11 is 0. The van der Waals surface area contributed by atoms with Crippen LogP contribution < -0.4 is 4.90 Å². The molecule has 0 spiro atoms. The summed E-state index contributed by atoms with van der Waals surface area (Å²) in [4.78, 5) is 18.3. The minimum absolute atomic E-state index is 0.109. The maximum atomic E-state index is 11.8. The van der Waals surface area contributed by atoms with Crippen LogP contribution in [0.1, 0.15) is 59.9 Å². The summed E-state index contributed by atoms with van der Waals surface area (Å²) in [5.41, 5.74) is 5.94. The molecule has 2 aromatic carbocycles. The van der Waals surface area contributed by atoms with Gasteiger partial charge >= 0.3 is 0 Å². The van der Waals surface area contributed by atoms with E-state index in [0.29, 0.717) is 6.42 Å². The normalized spacial score (nSPS) is 16.1. The van der Waals surface area contributed by atoms with Crippen LogP contribution in [0.5, 0.6) is 0 Å². The van der Waals surface area contributed by atoms with Crippen molar-refractivity contribution in [2.45, 2.75) is 44.6 Å². The van der Waals surface area contributed by atoms with Gasteiger partial charge in [0.1, 0.15) is 6.04 Å². The second-order valence-electron chi connectivity index (χ2n) is 8.19. The molecule has 2 heterocycles. The number of aromatic nitrogens is 1.